The highest BCUT2D eigenvalue weighted by Crippen LogP contribution is 2.07. The summed E-state index contributed by atoms with van der Waals surface area (Å²) >= 11 is 0. The van der Waals surface area contributed by atoms with Gasteiger partial charge in [-0.05, 0) is 36.1 Å². The van der Waals surface area contributed by atoms with Gasteiger partial charge in [-0.15, -0.1) is 0 Å². The average Bonchev–Trinajstić information content (AvgIpc) is 2.04. The zero-order valence-corrected chi connectivity index (χ0v) is 6.57. The van der Waals surface area contributed by atoms with Crippen LogP contribution in [0.2, 0.25) is 0 Å². The van der Waals surface area contributed by atoms with Gasteiger partial charge in [-0.25, -0.2) is 0 Å². The summed E-state index contributed by atoms with van der Waals surface area (Å²) in [7, 11) is 0. The predicted octanol–water partition coefficient (Wildman–Crippen LogP) is 2.41. The molecule has 0 aliphatic rings. The van der Waals surface area contributed by atoms with Crippen molar-refractivity contribution in [3.63, 3.8) is 0 Å². The highest BCUT2D eigenvalue weighted by atomic mass is 14.0. The Labute approximate surface area is 62.9 Å². The van der Waals surface area contributed by atoms with Gasteiger partial charge in [0, 0.05) is 0 Å². The quantitative estimate of drug-likeness (QED) is 0.579. The topological polar surface area (TPSA) is 0 Å². The third kappa shape index (κ3) is 1.38. The first-order valence-electron chi connectivity index (χ1n) is 3.78. The normalized spacial score (nSPS) is 9.80. The van der Waals surface area contributed by atoms with E-state index in [1.807, 2.05) is 6.07 Å². The van der Waals surface area contributed by atoms with Crippen molar-refractivity contribution in [2.24, 2.45) is 0 Å². The van der Waals surface area contributed by atoms with Gasteiger partial charge in [0.25, 0.3) is 0 Å². The molecule has 0 nitrogen and oxygen atoms in total. The van der Waals surface area contributed by atoms with Gasteiger partial charge < -0.3 is 0 Å². The van der Waals surface area contributed by atoms with Crippen molar-refractivity contribution in [3.05, 3.63) is 35.4 Å². The Bertz CT molecular complexity index is 178. The Hall–Kier alpha value is -0.780. The lowest BCUT2D eigenvalue weighted by Crippen LogP contribution is -1.89. The summed E-state index contributed by atoms with van der Waals surface area (Å²) in [4.78, 5) is 0. The van der Waals surface area contributed by atoms with Gasteiger partial charge in [0.1, 0.15) is 0 Å². The molecule has 0 fully saturated rings. The minimum Gasteiger partial charge on any atom is -0.0613 e. The lowest BCUT2D eigenvalue weighted by Gasteiger charge is -2.01. The van der Waals surface area contributed by atoms with Crippen molar-refractivity contribution in [2.75, 3.05) is 0 Å². The molecule has 10 heavy (non-hydrogen) atoms. The molecule has 0 aromatic heterocycles. The Morgan fingerprint density at radius 1 is 1.30 bits per heavy atom. The highest BCUT2D eigenvalue weighted by Gasteiger charge is 1.94. The van der Waals surface area contributed by atoms with Crippen molar-refractivity contribution in [3.8, 4) is 0 Å². The van der Waals surface area contributed by atoms with E-state index in [9.17, 15) is 0 Å². The standard InChI is InChI=1S/C10H12/c1-3-9-7-5-6-8-10(9)4-2/h5,7H,3-4H2,1-2H3. The van der Waals surface area contributed by atoms with Crippen LogP contribution in [0.15, 0.2) is 12.1 Å². The van der Waals surface area contributed by atoms with E-state index in [4.69, 9.17) is 0 Å². The van der Waals surface area contributed by atoms with E-state index in [1.165, 1.54) is 11.1 Å². The van der Waals surface area contributed by atoms with E-state index in [2.05, 4.69) is 32.0 Å². The lowest BCUT2D eigenvalue weighted by molar-refractivity contribution is 1.03. The summed E-state index contributed by atoms with van der Waals surface area (Å²) in [6.07, 6.45) is 2.18. The van der Waals surface area contributed by atoms with Crippen LogP contribution in [0.25, 0.3) is 0 Å². The maximum Gasteiger partial charge on any atom is -0.00613 e. The molecule has 0 aliphatic heterocycles. The molecule has 52 valence electrons. The Balaban J connectivity index is 2.96. The molecule has 0 N–H and O–H groups in total. The molecule has 0 saturated heterocycles. The van der Waals surface area contributed by atoms with E-state index < -0.39 is 0 Å². The molecule has 0 amide bonds. The van der Waals surface area contributed by atoms with Gasteiger partial charge in [-0.2, -0.15) is 0 Å². The molecule has 2 radical (unpaired) electrons. The Morgan fingerprint density at radius 3 is 2.60 bits per heavy atom. The molecular formula is C10H12. The molecule has 0 heteroatoms. The second-order valence-corrected chi connectivity index (χ2v) is 2.31. The lowest BCUT2D eigenvalue weighted by atomic mass is 10.0. The average molecular weight is 132 g/mol. The minimum absolute atomic E-state index is 1.07. The Morgan fingerprint density at radius 2 is 2.10 bits per heavy atom. The zero-order valence-electron chi connectivity index (χ0n) is 6.57. The first-order valence-corrected chi connectivity index (χ1v) is 3.78. The zero-order chi connectivity index (χ0) is 7.40. The smallest absolute Gasteiger partial charge is 0.00613 e. The molecule has 1 rings (SSSR count). The van der Waals surface area contributed by atoms with E-state index >= 15 is 0 Å². The maximum absolute atomic E-state index is 3.11. The summed E-state index contributed by atoms with van der Waals surface area (Å²) in [6, 6.07) is 10.1. The summed E-state index contributed by atoms with van der Waals surface area (Å²) in [5.41, 5.74) is 2.71. The molecule has 0 bridgehead atoms. The van der Waals surface area contributed by atoms with E-state index in [-0.39, 0.29) is 0 Å². The predicted molar refractivity (Wildman–Crippen MR) is 42.9 cm³/mol. The van der Waals surface area contributed by atoms with Crippen LogP contribution < -0.4 is 0 Å². The molecular weight excluding hydrogens is 120 g/mol. The van der Waals surface area contributed by atoms with Crippen LogP contribution in [-0.2, 0) is 12.8 Å². The summed E-state index contributed by atoms with van der Waals surface area (Å²) < 4.78 is 0. The number of aryl methyl sites for hydroxylation is 2. The van der Waals surface area contributed by atoms with Gasteiger partial charge in [-0.1, -0.05) is 26.0 Å². The van der Waals surface area contributed by atoms with Crippen molar-refractivity contribution in [1.29, 1.82) is 0 Å². The van der Waals surface area contributed by atoms with Crippen LogP contribution in [0.3, 0.4) is 0 Å². The van der Waals surface area contributed by atoms with E-state index in [1.54, 1.807) is 0 Å². The van der Waals surface area contributed by atoms with Crippen LogP contribution in [0.5, 0.6) is 0 Å². The highest BCUT2D eigenvalue weighted by molar-refractivity contribution is 5.24. The molecule has 0 spiro atoms. The van der Waals surface area contributed by atoms with Crippen molar-refractivity contribution >= 4 is 0 Å². The van der Waals surface area contributed by atoms with Crippen LogP contribution in [0, 0.1) is 12.1 Å². The number of benzene rings is 1. The van der Waals surface area contributed by atoms with Crippen molar-refractivity contribution < 1.29 is 0 Å². The van der Waals surface area contributed by atoms with Gasteiger partial charge >= 0.3 is 0 Å². The third-order valence-corrected chi connectivity index (χ3v) is 1.71. The fourth-order valence-corrected chi connectivity index (χ4v) is 1.10. The SMILES string of the molecule is CCc1[c][c]ccc1CC. The minimum atomic E-state index is 1.07. The molecule has 0 heterocycles. The van der Waals surface area contributed by atoms with Gasteiger partial charge in [0.2, 0.25) is 0 Å². The maximum atomic E-state index is 3.11. The summed E-state index contributed by atoms with van der Waals surface area (Å²) in [5, 5.41) is 0. The number of hydrogen-bond donors (Lipinski definition) is 0. The first kappa shape index (κ1) is 7.33. The fraction of sp³-hybridized carbons (Fsp3) is 0.400. The fourth-order valence-electron chi connectivity index (χ4n) is 1.10. The molecule has 1 aromatic rings. The van der Waals surface area contributed by atoms with Crippen LogP contribution in [0.4, 0.5) is 0 Å². The monoisotopic (exact) mass is 132 g/mol. The molecule has 0 atom stereocenters. The van der Waals surface area contributed by atoms with Crippen LogP contribution in [0.1, 0.15) is 25.0 Å². The van der Waals surface area contributed by atoms with E-state index in [0.29, 0.717) is 0 Å². The van der Waals surface area contributed by atoms with Gasteiger partial charge in [0.15, 0.2) is 0 Å². The van der Waals surface area contributed by atoms with Gasteiger partial charge in [0.05, 0.1) is 0 Å². The third-order valence-electron chi connectivity index (χ3n) is 1.71. The molecule has 0 saturated carbocycles. The molecule has 1 aromatic carbocycles. The van der Waals surface area contributed by atoms with Crippen molar-refractivity contribution in [2.45, 2.75) is 26.7 Å². The first-order chi connectivity index (χ1) is 4.88. The molecule has 0 aliphatic carbocycles. The largest absolute Gasteiger partial charge is 0.0613 e. The second kappa shape index (κ2) is 3.40. The van der Waals surface area contributed by atoms with Crippen LogP contribution >= 0.6 is 0 Å². The number of rotatable bonds is 2. The van der Waals surface area contributed by atoms with Crippen LogP contribution in [-0.4, -0.2) is 0 Å². The Kier molecular flexibility index (Phi) is 2.49. The number of hydrogen-bond acceptors (Lipinski definition) is 0. The van der Waals surface area contributed by atoms with E-state index in [0.717, 1.165) is 12.8 Å². The van der Waals surface area contributed by atoms with Gasteiger partial charge in [-0.3, -0.25) is 0 Å². The second-order valence-electron chi connectivity index (χ2n) is 2.31. The summed E-state index contributed by atoms with van der Waals surface area (Å²) in [6.45, 7) is 4.32. The summed E-state index contributed by atoms with van der Waals surface area (Å²) in [5.74, 6) is 0. The molecule has 0 unspecified atom stereocenters. The van der Waals surface area contributed by atoms with Crippen molar-refractivity contribution in [1.82, 2.24) is 0 Å².